The van der Waals surface area contributed by atoms with Crippen LogP contribution in [0.4, 0.5) is 0 Å². The second-order valence-corrected chi connectivity index (χ2v) is 9.81. The second-order valence-electron chi connectivity index (χ2n) is 8.95. The predicted octanol–water partition coefficient (Wildman–Crippen LogP) is 4.42. The Morgan fingerprint density at radius 3 is 2.36 bits per heavy atom. The Balaban J connectivity index is 1.42. The van der Waals surface area contributed by atoms with Gasteiger partial charge in [0.05, 0.1) is 6.10 Å². The Bertz CT molecular complexity index is 752. The first-order valence-corrected chi connectivity index (χ1v) is 11.0. The number of hydrogen-bond acceptors (Lipinski definition) is 3. The SMILES string of the molecule is CN(Cc1ccccc1Br)C[C@H](O)CNC(C)(C)CC1Cc2ccccc2C1. The standard InChI is InChI=1S/C24H33BrN2O/c1-24(2,14-18-12-19-8-4-5-9-20(19)13-18)26-15-22(28)17-27(3)16-21-10-6-7-11-23(21)25/h4-11,18,22,26,28H,12-17H2,1-3H3/t22-/m1/s1. The van der Waals surface area contributed by atoms with E-state index in [-0.39, 0.29) is 11.6 Å². The van der Waals surface area contributed by atoms with Crippen LogP contribution < -0.4 is 5.32 Å². The van der Waals surface area contributed by atoms with Crippen molar-refractivity contribution < 1.29 is 5.11 Å². The van der Waals surface area contributed by atoms with Gasteiger partial charge >= 0.3 is 0 Å². The van der Waals surface area contributed by atoms with E-state index in [1.807, 2.05) is 6.07 Å². The lowest BCUT2D eigenvalue weighted by Crippen LogP contribution is -2.47. The topological polar surface area (TPSA) is 35.5 Å². The maximum absolute atomic E-state index is 10.5. The molecule has 4 heteroatoms. The first kappa shape index (κ1) is 21.5. The van der Waals surface area contributed by atoms with Gasteiger partial charge in [0.25, 0.3) is 0 Å². The number of halogens is 1. The number of benzene rings is 2. The normalized spacial score (nSPS) is 15.8. The van der Waals surface area contributed by atoms with Crippen molar-refractivity contribution in [3.63, 3.8) is 0 Å². The Morgan fingerprint density at radius 1 is 1.11 bits per heavy atom. The fourth-order valence-electron chi connectivity index (χ4n) is 4.39. The van der Waals surface area contributed by atoms with Crippen molar-refractivity contribution >= 4 is 15.9 Å². The predicted molar refractivity (Wildman–Crippen MR) is 121 cm³/mol. The van der Waals surface area contributed by atoms with Crippen LogP contribution in [0.3, 0.4) is 0 Å². The molecule has 0 unspecified atom stereocenters. The number of likely N-dealkylation sites (N-methyl/N-ethyl adjacent to an activating group) is 1. The minimum atomic E-state index is -0.382. The molecule has 0 radical (unpaired) electrons. The molecular formula is C24H33BrN2O. The number of aliphatic hydroxyl groups excluding tert-OH is 1. The van der Waals surface area contributed by atoms with Crippen LogP contribution in [0.5, 0.6) is 0 Å². The van der Waals surface area contributed by atoms with Gasteiger partial charge in [-0.25, -0.2) is 0 Å². The fourth-order valence-corrected chi connectivity index (χ4v) is 4.80. The molecule has 2 N–H and O–H groups in total. The lowest BCUT2D eigenvalue weighted by molar-refractivity contribution is 0.110. The first-order valence-electron chi connectivity index (χ1n) is 10.2. The Kier molecular flexibility index (Phi) is 7.32. The zero-order chi connectivity index (χ0) is 20.1. The van der Waals surface area contributed by atoms with E-state index in [1.54, 1.807) is 0 Å². The lowest BCUT2D eigenvalue weighted by Gasteiger charge is -2.31. The Morgan fingerprint density at radius 2 is 1.71 bits per heavy atom. The van der Waals surface area contributed by atoms with Gasteiger partial charge in [0, 0.05) is 29.6 Å². The van der Waals surface area contributed by atoms with E-state index in [0.29, 0.717) is 19.0 Å². The molecule has 0 heterocycles. The minimum Gasteiger partial charge on any atom is -0.390 e. The van der Waals surface area contributed by atoms with Crippen LogP contribution in [0.1, 0.15) is 37.0 Å². The van der Waals surface area contributed by atoms with Crippen molar-refractivity contribution in [2.75, 3.05) is 20.1 Å². The summed E-state index contributed by atoms with van der Waals surface area (Å²) in [6, 6.07) is 17.1. The molecule has 0 saturated carbocycles. The van der Waals surface area contributed by atoms with Gasteiger partial charge in [-0.15, -0.1) is 0 Å². The summed E-state index contributed by atoms with van der Waals surface area (Å²) >= 11 is 3.60. The molecule has 0 bridgehead atoms. The van der Waals surface area contributed by atoms with Crippen LogP contribution in [0.15, 0.2) is 53.0 Å². The smallest absolute Gasteiger partial charge is 0.0791 e. The third-order valence-electron chi connectivity index (χ3n) is 5.67. The number of hydrogen-bond donors (Lipinski definition) is 2. The monoisotopic (exact) mass is 444 g/mol. The molecule has 1 atom stereocenters. The zero-order valence-corrected chi connectivity index (χ0v) is 18.9. The van der Waals surface area contributed by atoms with Gasteiger partial charge in [0.15, 0.2) is 0 Å². The fraction of sp³-hybridized carbons (Fsp3) is 0.500. The van der Waals surface area contributed by atoms with Crippen LogP contribution in [0.25, 0.3) is 0 Å². The maximum Gasteiger partial charge on any atom is 0.0791 e. The van der Waals surface area contributed by atoms with Gasteiger partial charge in [0.2, 0.25) is 0 Å². The van der Waals surface area contributed by atoms with E-state index in [0.717, 1.165) is 17.4 Å². The Hall–Kier alpha value is -1.20. The molecule has 1 aliphatic rings. The number of nitrogens with zero attached hydrogens (tertiary/aromatic N) is 1. The molecule has 0 aromatic heterocycles. The molecule has 0 aliphatic heterocycles. The maximum atomic E-state index is 10.5. The zero-order valence-electron chi connectivity index (χ0n) is 17.3. The minimum absolute atomic E-state index is 0.0225. The van der Waals surface area contributed by atoms with Crippen LogP contribution >= 0.6 is 15.9 Å². The molecule has 2 aromatic carbocycles. The molecule has 0 spiro atoms. The largest absolute Gasteiger partial charge is 0.390 e. The highest BCUT2D eigenvalue weighted by Gasteiger charge is 2.28. The Labute approximate surface area is 178 Å². The van der Waals surface area contributed by atoms with Crippen molar-refractivity contribution in [1.82, 2.24) is 10.2 Å². The molecule has 28 heavy (non-hydrogen) atoms. The third kappa shape index (κ3) is 6.15. The highest BCUT2D eigenvalue weighted by atomic mass is 79.9. The van der Waals surface area contributed by atoms with Gasteiger partial charge in [-0.05, 0) is 68.8 Å². The molecule has 0 amide bonds. The lowest BCUT2D eigenvalue weighted by atomic mass is 9.88. The summed E-state index contributed by atoms with van der Waals surface area (Å²) < 4.78 is 1.12. The van der Waals surface area contributed by atoms with Crippen molar-refractivity contribution in [3.8, 4) is 0 Å². The van der Waals surface area contributed by atoms with E-state index in [2.05, 4.69) is 89.5 Å². The van der Waals surface area contributed by atoms with Gasteiger partial charge in [-0.2, -0.15) is 0 Å². The highest BCUT2D eigenvalue weighted by molar-refractivity contribution is 9.10. The van der Waals surface area contributed by atoms with Gasteiger partial charge in [-0.1, -0.05) is 58.4 Å². The molecule has 3 nitrogen and oxygen atoms in total. The summed E-state index contributed by atoms with van der Waals surface area (Å²) in [5.74, 6) is 0.690. The van der Waals surface area contributed by atoms with Crippen molar-refractivity contribution in [2.24, 2.45) is 5.92 Å². The molecule has 152 valence electrons. The summed E-state index contributed by atoms with van der Waals surface area (Å²) in [6.07, 6.45) is 3.10. The third-order valence-corrected chi connectivity index (χ3v) is 6.44. The van der Waals surface area contributed by atoms with Crippen molar-refractivity contribution in [2.45, 2.75) is 51.3 Å². The summed E-state index contributed by atoms with van der Waals surface area (Å²) in [4.78, 5) is 2.17. The number of aliphatic hydroxyl groups is 1. The molecule has 0 saturated heterocycles. The number of nitrogens with one attached hydrogen (secondary N) is 1. The van der Waals surface area contributed by atoms with Crippen LogP contribution in [-0.2, 0) is 19.4 Å². The molecule has 1 aliphatic carbocycles. The van der Waals surface area contributed by atoms with E-state index in [4.69, 9.17) is 0 Å². The number of β-amino-alcohol motifs (C(OH)–C–C–N with tert-alkyl or cyclic N) is 1. The van der Waals surface area contributed by atoms with Gasteiger partial charge in [-0.3, -0.25) is 4.90 Å². The van der Waals surface area contributed by atoms with Crippen LogP contribution in [-0.4, -0.2) is 41.8 Å². The summed E-state index contributed by atoms with van der Waals surface area (Å²) in [5, 5.41) is 14.1. The van der Waals surface area contributed by atoms with Gasteiger partial charge in [0.1, 0.15) is 0 Å². The van der Waals surface area contributed by atoms with E-state index < -0.39 is 0 Å². The summed E-state index contributed by atoms with van der Waals surface area (Å²) in [6.45, 7) is 6.61. The van der Waals surface area contributed by atoms with E-state index in [9.17, 15) is 5.11 Å². The molecule has 3 rings (SSSR count). The molecule has 2 aromatic rings. The van der Waals surface area contributed by atoms with Crippen LogP contribution in [0.2, 0.25) is 0 Å². The number of fused-ring (bicyclic) bond motifs is 1. The number of rotatable bonds is 9. The summed E-state index contributed by atoms with van der Waals surface area (Å²) in [5.41, 5.74) is 4.29. The van der Waals surface area contributed by atoms with Gasteiger partial charge < -0.3 is 10.4 Å². The van der Waals surface area contributed by atoms with E-state index >= 15 is 0 Å². The average Bonchev–Trinajstić information content (AvgIpc) is 3.03. The summed E-state index contributed by atoms with van der Waals surface area (Å²) in [7, 11) is 2.06. The average molecular weight is 445 g/mol. The molecule has 0 fully saturated rings. The quantitative estimate of drug-likeness (QED) is 0.600. The van der Waals surface area contributed by atoms with Crippen LogP contribution in [0, 0.1) is 5.92 Å². The van der Waals surface area contributed by atoms with E-state index in [1.165, 1.54) is 29.5 Å². The first-order chi connectivity index (χ1) is 13.3. The molecular weight excluding hydrogens is 412 g/mol. The highest BCUT2D eigenvalue weighted by Crippen LogP contribution is 2.31. The van der Waals surface area contributed by atoms with Crippen molar-refractivity contribution in [1.29, 1.82) is 0 Å². The second kappa shape index (κ2) is 9.53. The van der Waals surface area contributed by atoms with Crippen molar-refractivity contribution in [3.05, 3.63) is 69.7 Å².